The van der Waals surface area contributed by atoms with Gasteiger partial charge in [-0.25, -0.2) is 4.99 Å². The van der Waals surface area contributed by atoms with Gasteiger partial charge in [0, 0.05) is 24.5 Å². The van der Waals surface area contributed by atoms with Crippen molar-refractivity contribution in [2.75, 3.05) is 23.3 Å². The predicted molar refractivity (Wildman–Crippen MR) is 125 cm³/mol. The molecule has 0 heterocycles. The van der Waals surface area contributed by atoms with Gasteiger partial charge in [-0.2, -0.15) is 0 Å². The Morgan fingerprint density at radius 1 is 1.17 bits per heavy atom. The molecule has 0 saturated heterocycles. The van der Waals surface area contributed by atoms with E-state index in [1.807, 2.05) is 67.6 Å². The van der Waals surface area contributed by atoms with Crippen LogP contribution in [0.15, 0.2) is 89.7 Å². The van der Waals surface area contributed by atoms with Gasteiger partial charge in [0.2, 0.25) is 0 Å². The molecule has 0 aromatic heterocycles. The maximum Gasteiger partial charge on any atom is 0.0888 e. The van der Waals surface area contributed by atoms with Crippen molar-refractivity contribution >= 4 is 28.5 Å². The second kappa shape index (κ2) is 9.06. The van der Waals surface area contributed by atoms with Gasteiger partial charge >= 0.3 is 0 Å². The van der Waals surface area contributed by atoms with Crippen molar-refractivity contribution in [1.29, 1.82) is 5.41 Å². The van der Waals surface area contributed by atoms with Crippen molar-refractivity contribution in [2.24, 2.45) is 10.7 Å². The normalized spacial score (nSPS) is 15.0. The van der Waals surface area contributed by atoms with Crippen molar-refractivity contribution < 1.29 is 0 Å². The van der Waals surface area contributed by atoms with Crippen LogP contribution < -0.4 is 16.0 Å². The zero-order valence-corrected chi connectivity index (χ0v) is 16.9. The molecule has 5 nitrogen and oxygen atoms in total. The minimum atomic E-state index is 0.335. The van der Waals surface area contributed by atoms with Crippen molar-refractivity contribution in [3.8, 4) is 0 Å². The lowest BCUT2D eigenvalue weighted by Gasteiger charge is -2.21. The molecule has 0 spiro atoms. The second-order valence-corrected chi connectivity index (χ2v) is 6.91. The van der Waals surface area contributed by atoms with E-state index in [-0.39, 0.29) is 0 Å². The van der Waals surface area contributed by atoms with Crippen LogP contribution in [0.25, 0.3) is 0 Å². The van der Waals surface area contributed by atoms with E-state index in [0.717, 1.165) is 35.7 Å². The average Bonchev–Trinajstić information content (AvgIpc) is 2.70. The van der Waals surface area contributed by atoms with Crippen LogP contribution in [-0.2, 0) is 0 Å². The van der Waals surface area contributed by atoms with Gasteiger partial charge in [-0.05, 0) is 68.0 Å². The first-order chi connectivity index (χ1) is 14.0. The zero-order valence-electron chi connectivity index (χ0n) is 16.9. The lowest BCUT2D eigenvalue weighted by atomic mass is 10.0. The summed E-state index contributed by atoms with van der Waals surface area (Å²) in [6, 6.07) is 16.1. The summed E-state index contributed by atoms with van der Waals surface area (Å²) in [6.07, 6.45) is 5.35. The van der Waals surface area contributed by atoms with Gasteiger partial charge < -0.3 is 16.0 Å². The third kappa shape index (κ3) is 5.02. The Morgan fingerprint density at radius 3 is 2.59 bits per heavy atom. The van der Waals surface area contributed by atoms with Crippen LogP contribution in [0.3, 0.4) is 0 Å². The number of nitrogens with two attached hydrogens (primary N) is 1. The largest absolute Gasteiger partial charge is 0.397 e. The molecule has 0 saturated carbocycles. The molecule has 0 radical (unpaired) electrons. The molecule has 3 rings (SSSR count). The van der Waals surface area contributed by atoms with Crippen molar-refractivity contribution in [1.82, 2.24) is 0 Å². The Kier molecular flexibility index (Phi) is 6.29. The van der Waals surface area contributed by atoms with Gasteiger partial charge in [0.15, 0.2) is 0 Å². The smallest absolute Gasteiger partial charge is 0.0888 e. The number of anilines is 2. The summed E-state index contributed by atoms with van der Waals surface area (Å²) in [5.74, 6) is 0. The van der Waals surface area contributed by atoms with Gasteiger partial charge in [-0.1, -0.05) is 18.2 Å². The van der Waals surface area contributed by atoms with Crippen LogP contribution in [-0.4, -0.2) is 24.5 Å². The molecule has 4 N–H and O–H groups in total. The fraction of sp³-hybridized carbons (Fsp3) is 0.167. The maximum absolute atomic E-state index is 8.23. The Bertz CT molecular complexity index is 996. The number of aryl methyl sites for hydroxylation is 1. The van der Waals surface area contributed by atoms with Gasteiger partial charge in [-0.15, -0.1) is 6.58 Å². The highest BCUT2D eigenvalue weighted by atomic mass is 15.1. The van der Waals surface area contributed by atoms with E-state index in [0.29, 0.717) is 22.8 Å². The molecule has 0 amide bonds. The lowest BCUT2D eigenvalue weighted by Crippen LogP contribution is -2.22. The van der Waals surface area contributed by atoms with E-state index in [1.54, 1.807) is 6.08 Å². The Hall–Kier alpha value is -3.60. The minimum absolute atomic E-state index is 0.335. The quantitative estimate of drug-likeness (QED) is 0.466. The number of rotatable bonds is 7. The molecule has 148 valence electrons. The Morgan fingerprint density at radius 2 is 1.93 bits per heavy atom. The summed E-state index contributed by atoms with van der Waals surface area (Å²) in [7, 11) is 0. The highest BCUT2D eigenvalue weighted by Crippen LogP contribution is 2.22. The maximum atomic E-state index is 8.23. The fourth-order valence-corrected chi connectivity index (χ4v) is 3.13. The van der Waals surface area contributed by atoms with E-state index < -0.39 is 0 Å². The van der Waals surface area contributed by atoms with Crippen LogP contribution in [0, 0.1) is 12.3 Å². The molecule has 0 aliphatic heterocycles. The van der Waals surface area contributed by atoms with Crippen LogP contribution >= 0.6 is 0 Å². The number of hydrogen-bond donors (Lipinski definition) is 3. The van der Waals surface area contributed by atoms with Crippen LogP contribution in [0.4, 0.5) is 17.1 Å². The molecule has 2 aromatic rings. The highest BCUT2D eigenvalue weighted by Gasteiger charge is 2.15. The van der Waals surface area contributed by atoms with E-state index in [9.17, 15) is 0 Å². The van der Waals surface area contributed by atoms with Gasteiger partial charge in [0.05, 0.1) is 28.5 Å². The molecular formula is C24H27N5. The van der Waals surface area contributed by atoms with Gasteiger partial charge in [0.25, 0.3) is 0 Å². The SMILES string of the molecule is C=CCN(CC)c1ccc(/N=C2/C=C(Nc3cccc(C)c3)C(=N)C=C2N)cc1. The Balaban J connectivity index is 1.85. The third-order valence-electron chi connectivity index (χ3n) is 4.66. The monoisotopic (exact) mass is 385 g/mol. The molecule has 1 aliphatic rings. The molecule has 2 aromatic carbocycles. The minimum Gasteiger partial charge on any atom is -0.397 e. The number of likely N-dealkylation sites (N-methyl/N-ethyl adjacent to an activating group) is 1. The third-order valence-corrected chi connectivity index (χ3v) is 4.66. The van der Waals surface area contributed by atoms with Crippen LogP contribution in [0.5, 0.6) is 0 Å². The predicted octanol–water partition coefficient (Wildman–Crippen LogP) is 4.95. The summed E-state index contributed by atoms with van der Waals surface area (Å²) in [5, 5.41) is 11.5. The molecule has 0 unspecified atom stereocenters. The van der Waals surface area contributed by atoms with Crippen molar-refractivity contribution in [3.05, 3.63) is 90.3 Å². The zero-order chi connectivity index (χ0) is 20.8. The average molecular weight is 386 g/mol. The molecule has 29 heavy (non-hydrogen) atoms. The topological polar surface area (TPSA) is 77.5 Å². The molecule has 5 heteroatoms. The molecule has 0 atom stereocenters. The molecule has 0 fully saturated rings. The van der Waals surface area contributed by atoms with Gasteiger partial charge in [0.1, 0.15) is 0 Å². The lowest BCUT2D eigenvalue weighted by molar-refractivity contribution is 0.907. The number of nitrogens with zero attached hydrogens (tertiary/aromatic N) is 2. The number of nitrogens with one attached hydrogen (secondary N) is 2. The van der Waals surface area contributed by atoms with E-state index in [4.69, 9.17) is 11.1 Å². The number of aliphatic imine (C=N–C) groups is 1. The summed E-state index contributed by atoms with van der Waals surface area (Å²) >= 11 is 0. The van der Waals surface area contributed by atoms with E-state index in [2.05, 4.69) is 28.7 Å². The molecule has 0 bridgehead atoms. The second-order valence-electron chi connectivity index (χ2n) is 6.91. The van der Waals surface area contributed by atoms with E-state index in [1.165, 1.54) is 0 Å². The Labute approximate surface area is 172 Å². The van der Waals surface area contributed by atoms with E-state index >= 15 is 0 Å². The molecule has 1 aliphatic carbocycles. The first-order valence-electron chi connectivity index (χ1n) is 9.66. The summed E-state index contributed by atoms with van der Waals surface area (Å²) in [5.41, 5.74) is 12.3. The number of hydrogen-bond acceptors (Lipinski definition) is 5. The number of allylic oxidation sites excluding steroid dienone is 2. The summed E-state index contributed by atoms with van der Waals surface area (Å²) < 4.78 is 0. The van der Waals surface area contributed by atoms with Crippen molar-refractivity contribution in [2.45, 2.75) is 13.8 Å². The van der Waals surface area contributed by atoms with Gasteiger partial charge in [-0.3, -0.25) is 5.41 Å². The van der Waals surface area contributed by atoms with Crippen LogP contribution in [0.2, 0.25) is 0 Å². The fourth-order valence-electron chi connectivity index (χ4n) is 3.13. The summed E-state index contributed by atoms with van der Waals surface area (Å²) in [6.45, 7) is 9.68. The van der Waals surface area contributed by atoms with Crippen molar-refractivity contribution in [3.63, 3.8) is 0 Å². The standard InChI is InChI=1S/C24H27N5/c1-4-13-29(5-2)20-11-9-18(10-12-20)27-23-16-24(22(26)15-21(23)25)28-19-8-6-7-17(3)14-19/h4,6-12,14-16,26,28H,1,5,13,25H2,2-3H3/b26-22?,27-23-. The first-order valence-corrected chi connectivity index (χ1v) is 9.66. The molecular weight excluding hydrogens is 358 g/mol. The first kappa shape index (κ1) is 20.1. The highest BCUT2D eigenvalue weighted by molar-refractivity contribution is 6.23. The van der Waals surface area contributed by atoms with Crippen LogP contribution in [0.1, 0.15) is 12.5 Å². The summed E-state index contributed by atoms with van der Waals surface area (Å²) in [4.78, 5) is 6.91. The number of benzene rings is 2.